The summed E-state index contributed by atoms with van der Waals surface area (Å²) < 4.78 is 26.2. The lowest BCUT2D eigenvalue weighted by Crippen LogP contribution is -2.26. The Morgan fingerprint density at radius 1 is 1.33 bits per heavy atom. The van der Waals surface area contributed by atoms with E-state index in [1.54, 1.807) is 6.92 Å². The van der Waals surface area contributed by atoms with Crippen molar-refractivity contribution in [3.63, 3.8) is 0 Å². The van der Waals surface area contributed by atoms with Crippen molar-refractivity contribution in [1.29, 1.82) is 0 Å². The van der Waals surface area contributed by atoms with E-state index in [1.165, 1.54) is 6.08 Å². The van der Waals surface area contributed by atoms with Gasteiger partial charge in [0.1, 0.15) is 0 Å². The minimum atomic E-state index is -2.58. The first kappa shape index (κ1) is 11.6. The Bertz CT molecular complexity index is 139. The van der Waals surface area contributed by atoms with Gasteiger partial charge in [0.05, 0.1) is 0 Å². The van der Waals surface area contributed by atoms with E-state index in [9.17, 15) is 8.78 Å². The zero-order chi connectivity index (χ0) is 9.78. The average Bonchev–Trinajstić information content (AvgIpc) is 1.85. The molecule has 0 rings (SSSR count). The van der Waals surface area contributed by atoms with Gasteiger partial charge >= 0.3 is 0 Å². The van der Waals surface area contributed by atoms with Crippen molar-refractivity contribution in [2.45, 2.75) is 39.5 Å². The Morgan fingerprint density at radius 2 is 1.83 bits per heavy atom. The van der Waals surface area contributed by atoms with Crippen LogP contribution in [0.25, 0.3) is 0 Å². The molecule has 0 aromatic heterocycles. The summed E-state index contributed by atoms with van der Waals surface area (Å²) in [6, 6.07) is 0. The number of hydrogen-bond acceptors (Lipinski definition) is 0. The van der Waals surface area contributed by atoms with Crippen LogP contribution in [0.5, 0.6) is 0 Å². The minimum absolute atomic E-state index is 0.207. The summed E-state index contributed by atoms with van der Waals surface area (Å²) in [5.74, 6) is -2.79. The van der Waals surface area contributed by atoms with Gasteiger partial charge in [-0.3, -0.25) is 0 Å². The van der Waals surface area contributed by atoms with E-state index in [2.05, 4.69) is 6.58 Å². The SMILES string of the molecule is C=CCC(F)(F)C(C)CC(C)C. The summed E-state index contributed by atoms with van der Waals surface area (Å²) in [5.41, 5.74) is 0. The summed E-state index contributed by atoms with van der Waals surface area (Å²) in [6.45, 7) is 8.85. The second kappa shape index (κ2) is 4.58. The van der Waals surface area contributed by atoms with Crippen molar-refractivity contribution in [3.8, 4) is 0 Å². The van der Waals surface area contributed by atoms with Crippen LogP contribution < -0.4 is 0 Å². The molecule has 72 valence electrons. The fraction of sp³-hybridized carbons (Fsp3) is 0.800. The number of halogens is 2. The van der Waals surface area contributed by atoms with Gasteiger partial charge < -0.3 is 0 Å². The standard InChI is InChI=1S/C10H18F2/c1-5-6-10(11,12)9(4)7-8(2)3/h5,8-9H,1,6-7H2,2-4H3. The first-order chi connectivity index (χ1) is 5.40. The highest BCUT2D eigenvalue weighted by molar-refractivity contribution is 4.83. The molecule has 0 fully saturated rings. The van der Waals surface area contributed by atoms with Crippen LogP contribution in [0, 0.1) is 11.8 Å². The van der Waals surface area contributed by atoms with Gasteiger partial charge in [0.2, 0.25) is 0 Å². The third-order valence-electron chi connectivity index (χ3n) is 1.96. The lowest BCUT2D eigenvalue weighted by atomic mass is 9.91. The van der Waals surface area contributed by atoms with Crippen LogP contribution in [-0.4, -0.2) is 5.92 Å². The fourth-order valence-corrected chi connectivity index (χ4v) is 1.27. The highest BCUT2D eigenvalue weighted by Crippen LogP contribution is 2.32. The van der Waals surface area contributed by atoms with E-state index in [-0.39, 0.29) is 6.42 Å². The van der Waals surface area contributed by atoms with Crippen LogP contribution in [0.3, 0.4) is 0 Å². The molecule has 0 heterocycles. The molecule has 0 amide bonds. The number of alkyl halides is 2. The maximum absolute atomic E-state index is 13.1. The van der Waals surface area contributed by atoms with Crippen LogP contribution in [0.2, 0.25) is 0 Å². The highest BCUT2D eigenvalue weighted by atomic mass is 19.3. The zero-order valence-electron chi connectivity index (χ0n) is 8.11. The van der Waals surface area contributed by atoms with Crippen LogP contribution in [0.4, 0.5) is 8.78 Å². The maximum atomic E-state index is 13.1. The van der Waals surface area contributed by atoms with E-state index in [0.717, 1.165) is 0 Å². The van der Waals surface area contributed by atoms with E-state index < -0.39 is 11.8 Å². The molecule has 0 aliphatic carbocycles. The second-order valence-corrected chi connectivity index (χ2v) is 3.78. The predicted octanol–water partition coefficient (Wildman–Crippen LogP) is 3.88. The van der Waals surface area contributed by atoms with Gasteiger partial charge in [0.15, 0.2) is 0 Å². The van der Waals surface area contributed by atoms with Crippen molar-refractivity contribution < 1.29 is 8.78 Å². The average molecular weight is 176 g/mol. The van der Waals surface area contributed by atoms with Crippen molar-refractivity contribution in [2.75, 3.05) is 0 Å². The Balaban J connectivity index is 4.04. The molecule has 0 aliphatic heterocycles. The third kappa shape index (κ3) is 3.84. The number of allylic oxidation sites excluding steroid dienone is 1. The first-order valence-corrected chi connectivity index (χ1v) is 4.39. The molecule has 0 radical (unpaired) electrons. The van der Waals surface area contributed by atoms with Gasteiger partial charge in [-0.15, -0.1) is 6.58 Å². The van der Waals surface area contributed by atoms with E-state index in [1.807, 2.05) is 13.8 Å². The summed E-state index contributed by atoms with van der Waals surface area (Å²) in [4.78, 5) is 0. The van der Waals surface area contributed by atoms with Crippen molar-refractivity contribution in [1.82, 2.24) is 0 Å². The van der Waals surface area contributed by atoms with Crippen molar-refractivity contribution >= 4 is 0 Å². The quantitative estimate of drug-likeness (QED) is 0.558. The topological polar surface area (TPSA) is 0 Å². The largest absolute Gasteiger partial charge is 0.254 e. The molecule has 1 unspecified atom stereocenters. The molecule has 0 N–H and O–H groups in total. The highest BCUT2D eigenvalue weighted by Gasteiger charge is 2.34. The lowest BCUT2D eigenvalue weighted by molar-refractivity contribution is -0.0548. The smallest absolute Gasteiger partial charge is 0.206 e. The molecular formula is C10H18F2. The molecule has 0 bridgehead atoms. The monoisotopic (exact) mass is 176 g/mol. The number of rotatable bonds is 5. The first-order valence-electron chi connectivity index (χ1n) is 4.39. The summed E-state index contributed by atoms with van der Waals surface area (Å²) in [5, 5.41) is 0. The minimum Gasteiger partial charge on any atom is -0.206 e. The predicted molar refractivity (Wildman–Crippen MR) is 48.4 cm³/mol. The van der Waals surface area contributed by atoms with Gasteiger partial charge in [-0.25, -0.2) is 8.78 Å². The second-order valence-electron chi connectivity index (χ2n) is 3.78. The Morgan fingerprint density at radius 3 is 2.17 bits per heavy atom. The zero-order valence-corrected chi connectivity index (χ0v) is 8.11. The molecule has 12 heavy (non-hydrogen) atoms. The summed E-state index contributed by atoms with van der Waals surface area (Å²) in [6.07, 6.45) is 1.65. The Labute approximate surface area is 73.7 Å². The lowest BCUT2D eigenvalue weighted by Gasteiger charge is -2.23. The summed E-state index contributed by atoms with van der Waals surface area (Å²) >= 11 is 0. The van der Waals surface area contributed by atoms with Crippen molar-refractivity contribution in [2.24, 2.45) is 11.8 Å². The molecule has 0 aromatic carbocycles. The molecule has 0 aliphatic rings. The van der Waals surface area contributed by atoms with E-state index in [0.29, 0.717) is 12.3 Å². The summed E-state index contributed by atoms with van der Waals surface area (Å²) in [7, 11) is 0. The molecular weight excluding hydrogens is 158 g/mol. The normalized spacial score (nSPS) is 14.8. The fourth-order valence-electron chi connectivity index (χ4n) is 1.27. The van der Waals surface area contributed by atoms with Gasteiger partial charge in [-0.2, -0.15) is 0 Å². The molecule has 2 heteroatoms. The molecule has 0 saturated heterocycles. The Hall–Kier alpha value is -0.400. The molecule has 0 aromatic rings. The van der Waals surface area contributed by atoms with Crippen LogP contribution in [0.15, 0.2) is 12.7 Å². The van der Waals surface area contributed by atoms with Gasteiger partial charge in [0.25, 0.3) is 5.92 Å². The molecule has 0 spiro atoms. The Kier molecular flexibility index (Phi) is 4.43. The molecule has 1 atom stereocenters. The molecule has 0 saturated carbocycles. The van der Waals surface area contributed by atoms with Crippen LogP contribution in [-0.2, 0) is 0 Å². The van der Waals surface area contributed by atoms with Gasteiger partial charge in [-0.1, -0.05) is 26.8 Å². The van der Waals surface area contributed by atoms with Gasteiger partial charge in [-0.05, 0) is 12.3 Å². The maximum Gasteiger partial charge on any atom is 0.254 e. The number of hydrogen-bond donors (Lipinski definition) is 0. The van der Waals surface area contributed by atoms with Gasteiger partial charge in [0, 0.05) is 12.3 Å². The van der Waals surface area contributed by atoms with E-state index >= 15 is 0 Å². The van der Waals surface area contributed by atoms with Crippen LogP contribution in [0.1, 0.15) is 33.6 Å². The van der Waals surface area contributed by atoms with E-state index in [4.69, 9.17) is 0 Å². The van der Waals surface area contributed by atoms with Crippen molar-refractivity contribution in [3.05, 3.63) is 12.7 Å². The molecule has 0 nitrogen and oxygen atoms in total. The third-order valence-corrected chi connectivity index (χ3v) is 1.96. The van der Waals surface area contributed by atoms with Crippen LogP contribution >= 0.6 is 0 Å².